The van der Waals surface area contributed by atoms with Crippen LogP contribution in [0.2, 0.25) is 0 Å². The number of aliphatic carboxylic acids is 1. The van der Waals surface area contributed by atoms with Crippen LogP contribution in [0.1, 0.15) is 36.8 Å². The van der Waals surface area contributed by atoms with E-state index in [1.165, 1.54) is 5.56 Å². The van der Waals surface area contributed by atoms with E-state index >= 15 is 0 Å². The highest BCUT2D eigenvalue weighted by Crippen LogP contribution is 2.28. The van der Waals surface area contributed by atoms with Crippen LogP contribution >= 0.6 is 0 Å². The van der Waals surface area contributed by atoms with E-state index in [2.05, 4.69) is 42.7 Å². The second-order valence-corrected chi connectivity index (χ2v) is 7.87. The van der Waals surface area contributed by atoms with Crippen LogP contribution in [-0.2, 0) is 11.3 Å². The normalized spacial score (nSPS) is 19.2. The van der Waals surface area contributed by atoms with E-state index < -0.39 is 5.97 Å². The fourth-order valence-corrected chi connectivity index (χ4v) is 4.12. The fraction of sp³-hybridized carbons (Fsp3) is 0.333. The monoisotopic (exact) mass is 389 g/mol. The van der Waals surface area contributed by atoms with Crippen molar-refractivity contribution in [2.45, 2.75) is 45.2 Å². The summed E-state index contributed by atoms with van der Waals surface area (Å²) in [5, 5.41) is 17.8. The molecule has 0 radical (unpaired) electrons. The van der Waals surface area contributed by atoms with Gasteiger partial charge in [-0.25, -0.2) is 4.68 Å². The van der Waals surface area contributed by atoms with E-state index in [1.54, 1.807) is 0 Å². The van der Waals surface area contributed by atoms with Crippen LogP contribution in [0.5, 0.6) is 0 Å². The zero-order chi connectivity index (χ0) is 20.2. The van der Waals surface area contributed by atoms with Crippen molar-refractivity contribution >= 4 is 5.97 Å². The van der Waals surface area contributed by atoms with E-state index in [-0.39, 0.29) is 5.92 Å². The lowest BCUT2D eigenvalue weighted by atomic mass is 9.86. The number of nitrogens with zero attached hydrogens (tertiary/aromatic N) is 2. The van der Waals surface area contributed by atoms with E-state index in [0.29, 0.717) is 6.04 Å². The molecular formula is C24H27N3O2. The lowest BCUT2D eigenvalue weighted by Gasteiger charge is -2.27. The van der Waals surface area contributed by atoms with Crippen LogP contribution in [0.15, 0.2) is 60.8 Å². The van der Waals surface area contributed by atoms with Crippen molar-refractivity contribution in [3.8, 4) is 16.9 Å². The molecule has 0 atom stereocenters. The molecule has 5 heteroatoms. The summed E-state index contributed by atoms with van der Waals surface area (Å²) in [5.74, 6) is -0.842. The number of aromatic nitrogens is 2. The predicted octanol–water partition coefficient (Wildman–Crippen LogP) is 4.58. The number of carboxylic acid groups (broad SMARTS) is 1. The number of aryl methyl sites for hydroxylation is 1. The Bertz CT molecular complexity index is 973. The van der Waals surface area contributed by atoms with Crippen molar-refractivity contribution in [2.24, 2.45) is 5.92 Å². The molecule has 3 aromatic rings. The summed E-state index contributed by atoms with van der Waals surface area (Å²) >= 11 is 0. The molecule has 0 aliphatic heterocycles. The second kappa shape index (κ2) is 8.62. The minimum Gasteiger partial charge on any atom is -0.481 e. The highest BCUT2D eigenvalue weighted by molar-refractivity contribution is 5.70. The Hall–Kier alpha value is -2.92. The minimum absolute atomic E-state index is 0.184. The maximum absolute atomic E-state index is 11.2. The van der Waals surface area contributed by atoms with Crippen LogP contribution in [0.3, 0.4) is 0 Å². The topological polar surface area (TPSA) is 67.2 Å². The standard InChI is InChI=1S/C24H27N3O2/c1-17-7-5-6-10-22(17)23-19(16-27(26-23)21-8-3-2-4-9-21)15-25-20-13-11-18(12-14-20)24(28)29/h2-10,16,18,20,25H,11-15H2,1H3,(H,28,29). The van der Waals surface area contributed by atoms with Crippen LogP contribution in [0, 0.1) is 12.8 Å². The number of rotatable bonds is 6. The zero-order valence-corrected chi connectivity index (χ0v) is 16.7. The summed E-state index contributed by atoms with van der Waals surface area (Å²) in [5.41, 5.74) is 5.54. The van der Waals surface area contributed by atoms with Crippen LogP contribution in [0.4, 0.5) is 0 Å². The number of carboxylic acids is 1. The van der Waals surface area contributed by atoms with Gasteiger partial charge in [0.2, 0.25) is 0 Å². The zero-order valence-electron chi connectivity index (χ0n) is 16.7. The smallest absolute Gasteiger partial charge is 0.306 e. The highest BCUT2D eigenvalue weighted by Gasteiger charge is 2.26. The van der Waals surface area contributed by atoms with E-state index in [4.69, 9.17) is 5.10 Å². The predicted molar refractivity (Wildman–Crippen MR) is 114 cm³/mol. The molecule has 2 aromatic carbocycles. The summed E-state index contributed by atoms with van der Waals surface area (Å²) in [7, 11) is 0. The van der Waals surface area contributed by atoms with E-state index in [1.807, 2.05) is 35.0 Å². The van der Waals surface area contributed by atoms with Crippen LogP contribution in [0.25, 0.3) is 16.9 Å². The fourth-order valence-electron chi connectivity index (χ4n) is 4.12. The average Bonchev–Trinajstić information content (AvgIpc) is 3.17. The molecule has 1 aliphatic carbocycles. The molecule has 1 aromatic heterocycles. The molecule has 4 rings (SSSR count). The molecule has 5 nitrogen and oxygen atoms in total. The van der Waals surface area contributed by atoms with E-state index in [9.17, 15) is 9.90 Å². The molecule has 0 bridgehead atoms. The second-order valence-electron chi connectivity index (χ2n) is 7.87. The van der Waals surface area contributed by atoms with Crippen LogP contribution < -0.4 is 5.32 Å². The lowest BCUT2D eigenvalue weighted by molar-refractivity contribution is -0.142. The summed E-state index contributed by atoms with van der Waals surface area (Å²) in [6.45, 7) is 2.83. The SMILES string of the molecule is Cc1ccccc1-c1nn(-c2ccccc2)cc1CNC1CCC(C(=O)O)CC1. The molecular weight excluding hydrogens is 362 g/mol. The Balaban J connectivity index is 1.56. The van der Waals surface area contributed by atoms with Gasteiger partial charge in [0.15, 0.2) is 0 Å². The summed E-state index contributed by atoms with van der Waals surface area (Å²) < 4.78 is 1.94. The molecule has 0 saturated heterocycles. The van der Waals surface area contributed by atoms with E-state index in [0.717, 1.165) is 54.7 Å². The van der Waals surface area contributed by atoms with Gasteiger partial charge in [-0.3, -0.25) is 4.79 Å². The maximum atomic E-state index is 11.2. The molecule has 150 valence electrons. The Kier molecular flexibility index (Phi) is 5.76. The van der Waals surface area contributed by atoms with Crippen molar-refractivity contribution in [1.29, 1.82) is 0 Å². The maximum Gasteiger partial charge on any atom is 0.306 e. The molecule has 1 fully saturated rings. The first-order chi connectivity index (χ1) is 14.1. The van der Waals surface area contributed by atoms with Crippen molar-refractivity contribution in [3.63, 3.8) is 0 Å². The Morgan fingerprint density at radius 1 is 1.07 bits per heavy atom. The van der Waals surface area contributed by atoms with Gasteiger partial charge >= 0.3 is 5.97 Å². The van der Waals surface area contributed by atoms with Gasteiger partial charge in [0.1, 0.15) is 0 Å². The van der Waals surface area contributed by atoms with Gasteiger partial charge < -0.3 is 10.4 Å². The number of nitrogens with one attached hydrogen (secondary N) is 1. The van der Waals surface area contributed by atoms with Crippen molar-refractivity contribution < 1.29 is 9.90 Å². The number of hydrogen-bond acceptors (Lipinski definition) is 3. The molecule has 0 unspecified atom stereocenters. The van der Waals surface area contributed by atoms with Gasteiger partial charge in [0.25, 0.3) is 0 Å². The van der Waals surface area contributed by atoms with Gasteiger partial charge in [0.05, 0.1) is 17.3 Å². The van der Waals surface area contributed by atoms with Gasteiger partial charge in [-0.2, -0.15) is 5.10 Å². The third kappa shape index (κ3) is 4.40. The molecule has 0 spiro atoms. The number of carbonyl (C=O) groups is 1. The molecule has 1 aliphatic rings. The highest BCUT2D eigenvalue weighted by atomic mass is 16.4. The van der Waals surface area contributed by atoms with Gasteiger partial charge in [-0.05, 0) is 50.3 Å². The van der Waals surface area contributed by atoms with Gasteiger partial charge in [0, 0.05) is 29.9 Å². The molecule has 2 N–H and O–H groups in total. The largest absolute Gasteiger partial charge is 0.481 e. The van der Waals surface area contributed by atoms with Crippen molar-refractivity contribution in [3.05, 3.63) is 71.9 Å². The minimum atomic E-state index is -0.658. The summed E-state index contributed by atoms with van der Waals surface area (Å²) in [4.78, 5) is 11.2. The van der Waals surface area contributed by atoms with Crippen molar-refractivity contribution in [2.75, 3.05) is 0 Å². The average molecular weight is 389 g/mol. The first-order valence-electron chi connectivity index (χ1n) is 10.3. The molecule has 1 heterocycles. The third-order valence-corrected chi connectivity index (χ3v) is 5.87. The lowest BCUT2D eigenvalue weighted by Crippen LogP contribution is -2.34. The van der Waals surface area contributed by atoms with Gasteiger partial charge in [-0.1, -0.05) is 42.5 Å². The Morgan fingerprint density at radius 2 is 1.76 bits per heavy atom. The Labute approximate surface area is 171 Å². The number of benzene rings is 2. The first kappa shape index (κ1) is 19.4. The number of para-hydroxylation sites is 1. The van der Waals surface area contributed by atoms with Gasteiger partial charge in [-0.15, -0.1) is 0 Å². The summed E-state index contributed by atoms with van der Waals surface area (Å²) in [6.07, 6.45) is 5.42. The van der Waals surface area contributed by atoms with Crippen molar-refractivity contribution in [1.82, 2.24) is 15.1 Å². The third-order valence-electron chi connectivity index (χ3n) is 5.87. The number of hydrogen-bond donors (Lipinski definition) is 2. The first-order valence-corrected chi connectivity index (χ1v) is 10.3. The van der Waals surface area contributed by atoms with Crippen LogP contribution in [-0.4, -0.2) is 26.9 Å². The summed E-state index contributed by atoms with van der Waals surface area (Å²) in [6, 6.07) is 18.8. The molecule has 1 saturated carbocycles. The quantitative estimate of drug-likeness (QED) is 0.647. The molecule has 29 heavy (non-hydrogen) atoms. The molecule has 0 amide bonds. The Morgan fingerprint density at radius 3 is 2.45 bits per heavy atom.